The molecule has 0 atom stereocenters. The van der Waals surface area contributed by atoms with E-state index in [9.17, 15) is 0 Å². The fourth-order valence-electron chi connectivity index (χ4n) is 1.74. The van der Waals surface area contributed by atoms with Gasteiger partial charge in [-0.05, 0) is 13.5 Å². The molecule has 0 aromatic heterocycles. The molecule has 4 heteroatoms. The van der Waals surface area contributed by atoms with E-state index >= 15 is 0 Å². The van der Waals surface area contributed by atoms with Crippen molar-refractivity contribution in [2.45, 2.75) is 46.0 Å². The van der Waals surface area contributed by atoms with Gasteiger partial charge in [0.1, 0.15) is 0 Å². The molecule has 0 aromatic rings. The van der Waals surface area contributed by atoms with Crippen molar-refractivity contribution >= 4 is 5.96 Å². The highest BCUT2D eigenvalue weighted by Crippen LogP contribution is 2.15. The van der Waals surface area contributed by atoms with Gasteiger partial charge in [0, 0.05) is 34.7 Å². The van der Waals surface area contributed by atoms with Gasteiger partial charge in [0.2, 0.25) is 0 Å². The summed E-state index contributed by atoms with van der Waals surface area (Å²) in [6, 6.07) is 0. The minimum absolute atomic E-state index is 0.750. The summed E-state index contributed by atoms with van der Waals surface area (Å²) >= 11 is 0. The summed E-state index contributed by atoms with van der Waals surface area (Å²) < 4.78 is 0. The summed E-state index contributed by atoms with van der Waals surface area (Å²) in [6.07, 6.45) is 7.50. The van der Waals surface area contributed by atoms with Crippen molar-refractivity contribution in [3.63, 3.8) is 0 Å². The largest absolute Gasteiger partial charge is 0.349 e. The Kier molecular flexibility index (Phi) is 15.5. The monoisotopic (exact) mass is 258 g/mol. The van der Waals surface area contributed by atoms with E-state index in [1.54, 1.807) is 0 Å². The number of guanidine groups is 1. The van der Waals surface area contributed by atoms with E-state index < -0.39 is 0 Å². The van der Waals surface area contributed by atoms with Crippen LogP contribution in [0.3, 0.4) is 0 Å². The molecule has 0 saturated heterocycles. The smallest absolute Gasteiger partial charge is 0.195 e. The first-order chi connectivity index (χ1) is 8.54. The molecule has 110 valence electrons. The fraction of sp³-hybridized carbons (Fsp3) is 0.929. The number of rotatable bonds is 1. The summed E-state index contributed by atoms with van der Waals surface area (Å²) in [5, 5.41) is 0. The van der Waals surface area contributed by atoms with Crippen molar-refractivity contribution in [1.29, 1.82) is 0 Å². The molecule has 0 heterocycles. The predicted molar refractivity (Wildman–Crippen MR) is 83.2 cm³/mol. The SMILES string of the molecule is C1CCCC1.CCN.CCN(C)C(=NC)N(C)C. The third-order valence-corrected chi connectivity index (χ3v) is 2.67. The molecule has 0 aliphatic heterocycles. The maximum Gasteiger partial charge on any atom is 0.195 e. The van der Waals surface area contributed by atoms with Crippen molar-refractivity contribution < 1.29 is 0 Å². The van der Waals surface area contributed by atoms with E-state index in [4.69, 9.17) is 5.73 Å². The highest BCUT2D eigenvalue weighted by Gasteiger charge is 2.03. The standard InChI is InChI=1S/C7H17N3.C5H10.C2H7N/c1-6-10(5)7(8-2)9(3)4;1-2-4-5-3-1;1-2-3/h6H2,1-5H3;1-5H2;2-3H2,1H3. The third-order valence-electron chi connectivity index (χ3n) is 2.67. The van der Waals surface area contributed by atoms with Gasteiger partial charge in [-0.1, -0.05) is 39.0 Å². The molecule has 18 heavy (non-hydrogen) atoms. The van der Waals surface area contributed by atoms with Crippen molar-refractivity contribution in [2.75, 3.05) is 41.3 Å². The van der Waals surface area contributed by atoms with E-state index in [1.807, 2.05) is 40.0 Å². The lowest BCUT2D eigenvalue weighted by atomic mass is 10.4. The normalized spacial score (nSPS) is 14.1. The van der Waals surface area contributed by atoms with Crippen LogP contribution in [0.25, 0.3) is 0 Å². The van der Waals surface area contributed by atoms with Gasteiger partial charge in [-0.15, -0.1) is 0 Å². The number of nitrogens with zero attached hydrogens (tertiary/aromatic N) is 3. The van der Waals surface area contributed by atoms with Gasteiger partial charge < -0.3 is 15.5 Å². The van der Waals surface area contributed by atoms with Crippen molar-refractivity contribution in [1.82, 2.24) is 9.80 Å². The quantitative estimate of drug-likeness (QED) is 0.580. The van der Waals surface area contributed by atoms with Crippen LogP contribution in [0.5, 0.6) is 0 Å². The van der Waals surface area contributed by atoms with Crippen LogP contribution < -0.4 is 5.73 Å². The first-order valence-electron chi connectivity index (χ1n) is 7.10. The lowest BCUT2D eigenvalue weighted by Gasteiger charge is -2.24. The molecule has 1 saturated carbocycles. The second kappa shape index (κ2) is 14.3. The lowest BCUT2D eigenvalue weighted by Crippen LogP contribution is -2.37. The topological polar surface area (TPSA) is 44.9 Å². The van der Waals surface area contributed by atoms with E-state index in [1.165, 1.54) is 32.1 Å². The highest BCUT2D eigenvalue weighted by molar-refractivity contribution is 5.79. The molecule has 0 amide bonds. The molecule has 0 unspecified atom stereocenters. The summed E-state index contributed by atoms with van der Waals surface area (Å²) in [7, 11) is 7.83. The summed E-state index contributed by atoms with van der Waals surface area (Å²) in [4.78, 5) is 8.23. The Labute approximate surface area is 114 Å². The van der Waals surface area contributed by atoms with Crippen molar-refractivity contribution in [2.24, 2.45) is 10.7 Å². The molecular weight excluding hydrogens is 224 g/mol. The van der Waals surface area contributed by atoms with Gasteiger partial charge >= 0.3 is 0 Å². The number of hydrogen-bond donors (Lipinski definition) is 1. The average molecular weight is 258 g/mol. The summed E-state index contributed by atoms with van der Waals surface area (Å²) in [5.74, 6) is 1.02. The van der Waals surface area contributed by atoms with Crippen LogP contribution in [0, 0.1) is 0 Å². The van der Waals surface area contributed by atoms with E-state index in [2.05, 4.69) is 16.8 Å². The van der Waals surface area contributed by atoms with Gasteiger partial charge in [-0.3, -0.25) is 4.99 Å². The first-order valence-corrected chi connectivity index (χ1v) is 7.10. The second-order valence-corrected chi connectivity index (χ2v) is 4.61. The molecule has 1 rings (SSSR count). The molecular formula is C14H34N4. The molecule has 4 nitrogen and oxygen atoms in total. The maximum atomic E-state index is 4.85. The van der Waals surface area contributed by atoms with Crippen molar-refractivity contribution in [3.05, 3.63) is 0 Å². The molecule has 2 N–H and O–H groups in total. The Morgan fingerprint density at radius 3 is 1.44 bits per heavy atom. The maximum absolute atomic E-state index is 4.85. The Morgan fingerprint density at radius 2 is 1.33 bits per heavy atom. The molecule has 0 bridgehead atoms. The van der Waals surface area contributed by atoms with E-state index in [0.717, 1.165) is 19.0 Å². The van der Waals surface area contributed by atoms with Gasteiger partial charge in [0.25, 0.3) is 0 Å². The third kappa shape index (κ3) is 11.7. The van der Waals surface area contributed by atoms with Crippen LogP contribution in [-0.2, 0) is 0 Å². The van der Waals surface area contributed by atoms with Gasteiger partial charge in [-0.2, -0.15) is 0 Å². The number of nitrogens with two attached hydrogens (primary N) is 1. The Hall–Kier alpha value is -0.770. The molecule has 0 radical (unpaired) electrons. The summed E-state index contributed by atoms with van der Waals surface area (Å²) in [6.45, 7) is 5.75. The lowest BCUT2D eigenvalue weighted by molar-refractivity contribution is 0.440. The van der Waals surface area contributed by atoms with E-state index in [-0.39, 0.29) is 0 Å². The zero-order valence-corrected chi connectivity index (χ0v) is 13.4. The Morgan fingerprint density at radius 1 is 1.00 bits per heavy atom. The van der Waals surface area contributed by atoms with Gasteiger partial charge in [-0.25, -0.2) is 0 Å². The molecule has 0 aromatic carbocycles. The van der Waals surface area contributed by atoms with Gasteiger partial charge in [0.05, 0.1) is 0 Å². The summed E-state index contributed by atoms with van der Waals surface area (Å²) in [5.41, 5.74) is 4.85. The highest BCUT2D eigenvalue weighted by atomic mass is 15.3. The van der Waals surface area contributed by atoms with Crippen LogP contribution in [0.2, 0.25) is 0 Å². The predicted octanol–water partition coefficient (Wildman–Crippen LogP) is 2.40. The molecule has 0 spiro atoms. The van der Waals surface area contributed by atoms with Crippen molar-refractivity contribution in [3.8, 4) is 0 Å². The van der Waals surface area contributed by atoms with Gasteiger partial charge in [0.15, 0.2) is 5.96 Å². The average Bonchev–Trinajstić information content (AvgIpc) is 2.88. The minimum Gasteiger partial charge on any atom is -0.349 e. The van der Waals surface area contributed by atoms with Crippen LogP contribution in [0.1, 0.15) is 46.0 Å². The Bertz CT molecular complexity index is 179. The van der Waals surface area contributed by atoms with Crippen LogP contribution in [0.4, 0.5) is 0 Å². The second-order valence-electron chi connectivity index (χ2n) is 4.61. The molecule has 1 aliphatic rings. The minimum atomic E-state index is 0.750. The molecule has 1 aliphatic carbocycles. The van der Waals surface area contributed by atoms with E-state index in [0.29, 0.717) is 0 Å². The zero-order valence-electron chi connectivity index (χ0n) is 13.4. The van der Waals surface area contributed by atoms with Crippen LogP contribution in [0.15, 0.2) is 4.99 Å². The van der Waals surface area contributed by atoms with Crippen LogP contribution >= 0.6 is 0 Å². The first kappa shape index (κ1) is 19.6. The number of aliphatic imine (C=N–C) groups is 1. The number of hydrogen-bond acceptors (Lipinski definition) is 2. The fourth-order valence-corrected chi connectivity index (χ4v) is 1.74. The Balaban J connectivity index is 0. The molecule has 1 fully saturated rings. The zero-order chi connectivity index (χ0) is 14.4. The van der Waals surface area contributed by atoms with Crippen LogP contribution in [-0.4, -0.2) is 57.0 Å².